The number of aromatic nitrogens is 1. The number of Topliss-reactive ketones (excluding diaryl/α,β-unsaturated/α-hetero) is 1. The van der Waals surface area contributed by atoms with Crippen molar-refractivity contribution in [1.29, 1.82) is 0 Å². The number of rotatable bonds is 7. The van der Waals surface area contributed by atoms with Gasteiger partial charge in [-0.3, -0.25) is 9.59 Å². The third-order valence-electron chi connectivity index (χ3n) is 3.29. The predicted octanol–water partition coefficient (Wildman–Crippen LogP) is 4.01. The standard InChI is InChI=1S/C17H19NO2/c1-2-3-5-10-16(19)15-11-14(12-18-15)17(20)13-8-6-4-7-9-13/h4,6-9,11-12,18H,2-3,5,10H2,1H3. The Hall–Kier alpha value is -2.16. The van der Waals surface area contributed by atoms with E-state index in [0.717, 1.165) is 19.3 Å². The molecule has 0 amide bonds. The van der Waals surface area contributed by atoms with Crippen LogP contribution in [-0.4, -0.2) is 16.6 Å². The normalized spacial score (nSPS) is 10.4. The summed E-state index contributed by atoms with van der Waals surface area (Å²) in [6.45, 7) is 2.11. The molecule has 0 saturated heterocycles. The lowest BCUT2D eigenvalue weighted by Gasteiger charge is -1.97. The molecule has 2 aromatic rings. The maximum atomic E-state index is 12.2. The van der Waals surface area contributed by atoms with Gasteiger partial charge >= 0.3 is 0 Å². The highest BCUT2D eigenvalue weighted by Gasteiger charge is 2.14. The Morgan fingerprint density at radius 1 is 1.05 bits per heavy atom. The summed E-state index contributed by atoms with van der Waals surface area (Å²) in [5, 5.41) is 0. The SMILES string of the molecule is CCCCCC(=O)c1cc(C(=O)c2ccccc2)c[nH]1. The van der Waals surface area contributed by atoms with Crippen molar-refractivity contribution in [2.24, 2.45) is 0 Å². The van der Waals surface area contributed by atoms with Crippen LogP contribution >= 0.6 is 0 Å². The van der Waals surface area contributed by atoms with Crippen LogP contribution in [0.15, 0.2) is 42.6 Å². The molecule has 1 heterocycles. The summed E-state index contributed by atoms with van der Waals surface area (Å²) in [4.78, 5) is 27.1. The van der Waals surface area contributed by atoms with Crippen LogP contribution < -0.4 is 0 Å². The van der Waals surface area contributed by atoms with Gasteiger partial charge in [-0.2, -0.15) is 0 Å². The number of aromatic amines is 1. The van der Waals surface area contributed by atoms with Gasteiger partial charge in [0.05, 0.1) is 5.69 Å². The average Bonchev–Trinajstić information content (AvgIpc) is 2.97. The molecule has 0 spiro atoms. The molecule has 3 heteroatoms. The van der Waals surface area contributed by atoms with Gasteiger partial charge in [0.2, 0.25) is 0 Å². The first-order valence-electron chi connectivity index (χ1n) is 7.03. The Labute approximate surface area is 119 Å². The molecule has 0 saturated carbocycles. The van der Waals surface area contributed by atoms with E-state index in [-0.39, 0.29) is 11.6 Å². The third kappa shape index (κ3) is 3.44. The molecule has 0 aliphatic rings. The zero-order chi connectivity index (χ0) is 14.4. The van der Waals surface area contributed by atoms with E-state index in [0.29, 0.717) is 23.2 Å². The van der Waals surface area contributed by atoms with Crippen LogP contribution in [0.1, 0.15) is 59.0 Å². The molecule has 0 aliphatic carbocycles. The maximum absolute atomic E-state index is 12.2. The lowest BCUT2D eigenvalue weighted by atomic mass is 10.0. The lowest BCUT2D eigenvalue weighted by molar-refractivity contribution is 0.0975. The number of ketones is 2. The van der Waals surface area contributed by atoms with Crippen molar-refractivity contribution in [3.05, 3.63) is 59.4 Å². The molecule has 0 aliphatic heterocycles. The first-order chi connectivity index (χ1) is 9.72. The molecule has 104 valence electrons. The van der Waals surface area contributed by atoms with E-state index >= 15 is 0 Å². The number of nitrogens with one attached hydrogen (secondary N) is 1. The van der Waals surface area contributed by atoms with Gasteiger partial charge in [-0.05, 0) is 12.5 Å². The number of unbranched alkanes of at least 4 members (excludes halogenated alkanes) is 2. The van der Waals surface area contributed by atoms with E-state index in [2.05, 4.69) is 11.9 Å². The highest BCUT2D eigenvalue weighted by molar-refractivity contribution is 6.10. The van der Waals surface area contributed by atoms with Crippen molar-refractivity contribution in [2.45, 2.75) is 32.6 Å². The van der Waals surface area contributed by atoms with Crippen molar-refractivity contribution >= 4 is 11.6 Å². The quantitative estimate of drug-likeness (QED) is 0.610. The Balaban J connectivity index is 2.05. The minimum atomic E-state index is -0.0607. The molecule has 0 fully saturated rings. The zero-order valence-corrected chi connectivity index (χ0v) is 11.7. The molecule has 0 unspecified atom stereocenters. The number of H-pyrrole nitrogens is 1. The number of carbonyl (C=O) groups is 2. The van der Waals surface area contributed by atoms with Gasteiger partial charge in [0.25, 0.3) is 0 Å². The van der Waals surface area contributed by atoms with E-state index in [1.807, 2.05) is 18.2 Å². The second-order valence-electron chi connectivity index (χ2n) is 4.88. The van der Waals surface area contributed by atoms with Crippen LogP contribution in [0.3, 0.4) is 0 Å². The van der Waals surface area contributed by atoms with Gasteiger partial charge in [0, 0.05) is 23.7 Å². The van der Waals surface area contributed by atoms with E-state index < -0.39 is 0 Å². The van der Waals surface area contributed by atoms with Crippen LogP contribution in [0.5, 0.6) is 0 Å². The van der Waals surface area contributed by atoms with Crippen LogP contribution in [0.25, 0.3) is 0 Å². The third-order valence-corrected chi connectivity index (χ3v) is 3.29. The van der Waals surface area contributed by atoms with E-state index in [4.69, 9.17) is 0 Å². The van der Waals surface area contributed by atoms with Gasteiger partial charge in [0.1, 0.15) is 0 Å². The Morgan fingerprint density at radius 2 is 1.80 bits per heavy atom. The van der Waals surface area contributed by atoms with Gasteiger partial charge in [-0.1, -0.05) is 50.1 Å². The number of carbonyl (C=O) groups excluding carboxylic acids is 2. The fourth-order valence-electron chi connectivity index (χ4n) is 2.11. The van der Waals surface area contributed by atoms with Crippen molar-refractivity contribution in [1.82, 2.24) is 4.98 Å². The summed E-state index contributed by atoms with van der Waals surface area (Å²) < 4.78 is 0. The highest BCUT2D eigenvalue weighted by atomic mass is 16.1. The molecule has 0 atom stereocenters. The second-order valence-corrected chi connectivity index (χ2v) is 4.88. The van der Waals surface area contributed by atoms with E-state index in [1.54, 1.807) is 24.4 Å². The summed E-state index contributed by atoms with van der Waals surface area (Å²) in [6.07, 6.45) is 5.20. The summed E-state index contributed by atoms with van der Waals surface area (Å²) in [5.41, 5.74) is 1.70. The van der Waals surface area contributed by atoms with Crippen molar-refractivity contribution in [3.63, 3.8) is 0 Å². The molecular formula is C17H19NO2. The molecule has 1 aromatic heterocycles. The van der Waals surface area contributed by atoms with Gasteiger partial charge < -0.3 is 4.98 Å². The smallest absolute Gasteiger partial charge is 0.194 e. The fourth-order valence-corrected chi connectivity index (χ4v) is 2.11. The highest BCUT2D eigenvalue weighted by Crippen LogP contribution is 2.13. The van der Waals surface area contributed by atoms with Crippen LogP contribution in [-0.2, 0) is 0 Å². The van der Waals surface area contributed by atoms with E-state index in [9.17, 15) is 9.59 Å². The molecule has 3 nitrogen and oxygen atoms in total. The average molecular weight is 269 g/mol. The van der Waals surface area contributed by atoms with Crippen molar-refractivity contribution in [2.75, 3.05) is 0 Å². The summed E-state index contributed by atoms with van der Waals surface area (Å²) in [6, 6.07) is 10.7. The van der Waals surface area contributed by atoms with Crippen molar-refractivity contribution in [3.8, 4) is 0 Å². The Morgan fingerprint density at radius 3 is 2.50 bits per heavy atom. The van der Waals surface area contributed by atoms with Gasteiger partial charge in [0.15, 0.2) is 11.6 Å². The summed E-state index contributed by atoms with van der Waals surface area (Å²) in [5.74, 6) is 0.0139. The van der Waals surface area contributed by atoms with Crippen LogP contribution in [0.2, 0.25) is 0 Å². The number of benzene rings is 1. The fraction of sp³-hybridized carbons (Fsp3) is 0.294. The first-order valence-corrected chi connectivity index (χ1v) is 7.03. The molecule has 1 aromatic carbocycles. The molecular weight excluding hydrogens is 250 g/mol. The van der Waals surface area contributed by atoms with E-state index in [1.165, 1.54) is 0 Å². The first kappa shape index (κ1) is 14.3. The molecule has 0 bridgehead atoms. The Bertz CT molecular complexity index is 584. The number of hydrogen-bond acceptors (Lipinski definition) is 2. The second kappa shape index (κ2) is 6.85. The van der Waals surface area contributed by atoms with Crippen LogP contribution in [0, 0.1) is 0 Å². The predicted molar refractivity (Wildman–Crippen MR) is 79.1 cm³/mol. The summed E-state index contributed by atoms with van der Waals surface area (Å²) in [7, 11) is 0. The monoisotopic (exact) mass is 269 g/mol. The minimum absolute atomic E-state index is 0.0607. The topological polar surface area (TPSA) is 49.9 Å². The molecule has 0 radical (unpaired) electrons. The lowest BCUT2D eigenvalue weighted by Crippen LogP contribution is -2.00. The summed E-state index contributed by atoms with van der Waals surface area (Å²) >= 11 is 0. The van der Waals surface area contributed by atoms with Gasteiger partial charge in [-0.25, -0.2) is 0 Å². The maximum Gasteiger partial charge on any atom is 0.194 e. The minimum Gasteiger partial charge on any atom is -0.358 e. The molecule has 20 heavy (non-hydrogen) atoms. The van der Waals surface area contributed by atoms with Crippen molar-refractivity contribution < 1.29 is 9.59 Å². The number of hydrogen-bond donors (Lipinski definition) is 1. The Kier molecular flexibility index (Phi) is 4.88. The largest absolute Gasteiger partial charge is 0.358 e. The molecule has 2 rings (SSSR count). The van der Waals surface area contributed by atoms with Gasteiger partial charge in [-0.15, -0.1) is 0 Å². The zero-order valence-electron chi connectivity index (χ0n) is 11.7. The molecule has 1 N–H and O–H groups in total. The van der Waals surface area contributed by atoms with Crippen LogP contribution in [0.4, 0.5) is 0 Å².